The van der Waals surface area contributed by atoms with Crippen LogP contribution in [0.5, 0.6) is 5.75 Å². The quantitative estimate of drug-likeness (QED) is 0.499. The van der Waals surface area contributed by atoms with Crippen LogP contribution in [-0.4, -0.2) is 24.0 Å². The largest absolute Gasteiger partial charge is 0.494 e. The van der Waals surface area contributed by atoms with Crippen molar-refractivity contribution in [2.45, 2.75) is 12.7 Å². The van der Waals surface area contributed by atoms with Gasteiger partial charge in [-0.25, -0.2) is 0 Å². The molecular weight excluding hydrogens is 360 g/mol. The Kier molecular flexibility index (Phi) is 8.22. The zero-order chi connectivity index (χ0) is 17.2. The molecule has 0 spiro atoms. The Hall–Kier alpha value is -1.43. The van der Waals surface area contributed by atoms with Crippen molar-refractivity contribution < 1.29 is 4.74 Å². The van der Waals surface area contributed by atoms with Crippen molar-refractivity contribution in [1.29, 1.82) is 0 Å². The lowest BCUT2D eigenvalue weighted by molar-refractivity contribution is 0.340. The lowest BCUT2D eigenvalue weighted by atomic mass is 10.2. The first-order valence-corrected chi connectivity index (χ1v) is 9.71. The number of nitrogens with one attached hydrogen (secondary N) is 2. The number of thiocarbonyl (C=S) groups is 1. The van der Waals surface area contributed by atoms with E-state index >= 15 is 0 Å². The molecule has 2 aromatic rings. The maximum absolute atomic E-state index is 5.88. The lowest BCUT2D eigenvalue weighted by Gasteiger charge is -2.11. The zero-order valence-corrected chi connectivity index (χ0v) is 15.9. The number of benzene rings is 2. The van der Waals surface area contributed by atoms with E-state index < -0.39 is 0 Å². The van der Waals surface area contributed by atoms with Gasteiger partial charge in [0.05, 0.1) is 6.61 Å². The van der Waals surface area contributed by atoms with E-state index in [4.69, 9.17) is 28.6 Å². The SMILES string of the molecule is CCOc1ccc(NC(=S)NCCSCc2ccc(Cl)cc2)cc1. The Balaban J connectivity index is 1.61. The summed E-state index contributed by atoms with van der Waals surface area (Å²) in [5.74, 6) is 2.81. The van der Waals surface area contributed by atoms with Crippen LogP contribution in [0.2, 0.25) is 5.02 Å². The highest BCUT2D eigenvalue weighted by Crippen LogP contribution is 2.16. The number of ether oxygens (including phenoxy) is 1. The summed E-state index contributed by atoms with van der Waals surface area (Å²) in [5.41, 5.74) is 2.23. The molecule has 0 heterocycles. The molecule has 0 aliphatic heterocycles. The minimum absolute atomic E-state index is 0.631. The number of hydrogen-bond donors (Lipinski definition) is 2. The summed E-state index contributed by atoms with van der Waals surface area (Å²) < 4.78 is 5.41. The van der Waals surface area contributed by atoms with Gasteiger partial charge in [-0.05, 0) is 61.1 Å². The average Bonchev–Trinajstić information content (AvgIpc) is 2.58. The van der Waals surface area contributed by atoms with Crippen molar-refractivity contribution in [1.82, 2.24) is 5.32 Å². The Morgan fingerprint density at radius 2 is 1.83 bits per heavy atom. The Morgan fingerprint density at radius 1 is 1.12 bits per heavy atom. The van der Waals surface area contributed by atoms with E-state index in [1.807, 2.05) is 55.1 Å². The molecule has 2 N–H and O–H groups in total. The van der Waals surface area contributed by atoms with Crippen LogP contribution in [0.3, 0.4) is 0 Å². The summed E-state index contributed by atoms with van der Waals surface area (Å²) in [4.78, 5) is 0. The van der Waals surface area contributed by atoms with Crippen molar-refractivity contribution in [2.75, 3.05) is 24.2 Å². The van der Waals surface area contributed by atoms with Crippen LogP contribution in [0, 0.1) is 0 Å². The molecule has 128 valence electrons. The van der Waals surface area contributed by atoms with E-state index in [1.165, 1.54) is 5.56 Å². The van der Waals surface area contributed by atoms with E-state index in [0.29, 0.717) is 11.7 Å². The van der Waals surface area contributed by atoms with E-state index in [2.05, 4.69) is 22.8 Å². The molecule has 0 saturated heterocycles. The molecule has 0 atom stereocenters. The third-order valence-corrected chi connectivity index (χ3v) is 4.67. The van der Waals surface area contributed by atoms with Crippen molar-refractivity contribution in [3.8, 4) is 5.75 Å². The summed E-state index contributed by atoms with van der Waals surface area (Å²) in [6.45, 7) is 3.46. The molecule has 0 bridgehead atoms. The molecule has 3 nitrogen and oxygen atoms in total. The number of rotatable bonds is 8. The molecule has 0 radical (unpaired) electrons. The molecule has 2 rings (SSSR count). The van der Waals surface area contributed by atoms with Crippen LogP contribution in [0.25, 0.3) is 0 Å². The van der Waals surface area contributed by atoms with Crippen molar-refractivity contribution in [3.05, 3.63) is 59.1 Å². The smallest absolute Gasteiger partial charge is 0.170 e. The number of thioether (sulfide) groups is 1. The van der Waals surface area contributed by atoms with Gasteiger partial charge in [-0.15, -0.1) is 0 Å². The van der Waals surface area contributed by atoms with Gasteiger partial charge >= 0.3 is 0 Å². The minimum Gasteiger partial charge on any atom is -0.494 e. The Bertz CT molecular complexity index is 632. The van der Waals surface area contributed by atoms with Crippen LogP contribution >= 0.6 is 35.6 Å². The molecule has 2 aromatic carbocycles. The fourth-order valence-corrected chi connectivity index (χ4v) is 3.15. The third kappa shape index (κ3) is 6.99. The zero-order valence-electron chi connectivity index (χ0n) is 13.5. The van der Waals surface area contributed by atoms with Gasteiger partial charge in [-0.2, -0.15) is 11.8 Å². The highest BCUT2D eigenvalue weighted by molar-refractivity contribution is 7.98. The van der Waals surface area contributed by atoms with Crippen molar-refractivity contribution in [2.24, 2.45) is 0 Å². The maximum Gasteiger partial charge on any atom is 0.170 e. The number of hydrogen-bond acceptors (Lipinski definition) is 3. The van der Waals surface area contributed by atoms with Gasteiger partial charge in [0, 0.05) is 28.8 Å². The van der Waals surface area contributed by atoms with Crippen molar-refractivity contribution in [3.63, 3.8) is 0 Å². The monoisotopic (exact) mass is 380 g/mol. The van der Waals surface area contributed by atoms with Gasteiger partial charge in [-0.1, -0.05) is 23.7 Å². The van der Waals surface area contributed by atoms with Gasteiger partial charge in [0.25, 0.3) is 0 Å². The van der Waals surface area contributed by atoms with Crippen LogP contribution < -0.4 is 15.4 Å². The first-order chi connectivity index (χ1) is 11.7. The van der Waals surface area contributed by atoms with Gasteiger partial charge in [-0.3, -0.25) is 0 Å². The van der Waals surface area contributed by atoms with Crippen LogP contribution in [-0.2, 0) is 5.75 Å². The maximum atomic E-state index is 5.88. The van der Waals surface area contributed by atoms with Crippen LogP contribution in [0.4, 0.5) is 5.69 Å². The third-order valence-electron chi connectivity index (χ3n) is 3.14. The molecule has 0 amide bonds. The van der Waals surface area contributed by atoms with Gasteiger partial charge < -0.3 is 15.4 Å². The summed E-state index contributed by atoms with van der Waals surface area (Å²) in [7, 11) is 0. The van der Waals surface area contributed by atoms with E-state index in [9.17, 15) is 0 Å². The van der Waals surface area contributed by atoms with Gasteiger partial charge in [0.1, 0.15) is 5.75 Å². The predicted molar refractivity (Wildman–Crippen MR) is 109 cm³/mol. The highest BCUT2D eigenvalue weighted by Gasteiger charge is 1.99. The summed E-state index contributed by atoms with van der Waals surface area (Å²) in [6, 6.07) is 15.7. The number of anilines is 1. The minimum atomic E-state index is 0.631. The summed E-state index contributed by atoms with van der Waals surface area (Å²) in [6.07, 6.45) is 0. The second kappa shape index (κ2) is 10.4. The topological polar surface area (TPSA) is 33.3 Å². The summed E-state index contributed by atoms with van der Waals surface area (Å²) >= 11 is 13.0. The van der Waals surface area contributed by atoms with E-state index in [0.717, 1.165) is 34.5 Å². The van der Waals surface area contributed by atoms with E-state index in [-0.39, 0.29) is 0 Å². The predicted octanol–water partition coefficient (Wildman–Crippen LogP) is 4.96. The van der Waals surface area contributed by atoms with Crippen LogP contribution in [0.1, 0.15) is 12.5 Å². The Morgan fingerprint density at radius 3 is 2.50 bits per heavy atom. The first-order valence-electron chi connectivity index (χ1n) is 7.77. The molecule has 0 aliphatic rings. The molecule has 6 heteroatoms. The fourth-order valence-electron chi connectivity index (χ4n) is 1.98. The normalized spacial score (nSPS) is 10.2. The van der Waals surface area contributed by atoms with Gasteiger partial charge in [0.15, 0.2) is 5.11 Å². The molecule has 24 heavy (non-hydrogen) atoms. The molecule has 0 saturated carbocycles. The van der Waals surface area contributed by atoms with E-state index in [1.54, 1.807) is 0 Å². The molecule has 0 aromatic heterocycles. The molecule has 0 aliphatic carbocycles. The van der Waals surface area contributed by atoms with Crippen molar-refractivity contribution >= 4 is 46.4 Å². The standard InChI is InChI=1S/C18H21ClN2OS2/c1-2-22-17-9-7-16(8-10-17)21-18(23)20-11-12-24-13-14-3-5-15(19)6-4-14/h3-10H,2,11-13H2,1H3,(H2,20,21,23). The molecule has 0 unspecified atom stereocenters. The lowest BCUT2D eigenvalue weighted by Crippen LogP contribution is -2.30. The summed E-state index contributed by atoms with van der Waals surface area (Å²) in [5, 5.41) is 7.79. The second-order valence-electron chi connectivity index (χ2n) is 5.02. The molecular formula is C18H21ClN2OS2. The Labute approximate surface area is 158 Å². The number of halogens is 1. The highest BCUT2D eigenvalue weighted by atomic mass is 35.5. The second-order valence-corrected chi connectivity index (χ2v) is 6.97. The average molecular weight is 381 g/mol. The molecule has 0 fully saturated rings. The van der Waals surface area contributed by atoms with Gasteiger partial charge in [0.2, 0.25) is 0 Å². The first kappa shape index (κ1) is 18.9. The fraction of sp³-hybridized carbons (Fsp3) is 0.278. The van der Waals surface area contributed by atoms with Crippen LogP contribution in [0.15, 0.2) is 48.5 Å².